The minimum absolute atomic E-state index is 0.0381. The van der Waals surface area contributed by atoms with E-state index in [2.05, 4.69) is 26.2 Å². The molecule has 0 atom stereocenters. The van der Waals surface area contributed by atoms with Crippen LogP contribution in [0.4, 0.5) is 24.7 Å². The van der Waals surface area contributed by atoms with E-state index < -0.39 is 11.9 Å². The smallest absolute Gasteiger partial charge is 0.383 e. The number of hydrogen-bond acceptors (Lipinski definition) is 3. The van der Waals surface area contributed by atoms with Gasteiger partial charge in [-0.05, 0) is 73.9 Å². The highest BCUT2D eigenvalue weighted by molar-refractivity contribution is 9.10. The first-order chi connectivity index (χ1) is 14.2. The summed E-state index contributed by atoms with van der Waals surface area (Å²) in [5.41, 5.74) is 8.10. The summed E-state index contributed by atoms with van der Waals surface area (Å²) in [5, 5.41) is 2.94. The van der Waals surface area contributed by atoms with Crippen molar-refractivity contribution in [3.05, 3.63) is 63.3 Å². The Bertz CT molecular complexity index is 945. The van der Waals surface area contributed by atoms with Crippen molar-refractivity contribution in [3.8, 4) is 0 Å². The number of alkyl halides is 3. The molecule has 1 aliphatic rings. The molecule has 3 N–H and O–H groups in total. The molecule has 1 saturated carbocycles. The third-order valence-corrected chi connectivity index (χ3v) is 5.96. The number of carbonyl (C=O) groups is 1. The molecule has 0 radical (unpaired) electrons. The Morgan fingerprint density at radius 2 is 1.80 bits per heavy atom. The first kappa shape index (κ1) is 22.3. The molecule has 8 heteroatoms. The van der Waals surface area contributed by atoms with E-state index in [4.69, 9.17) is 5.73 Å². The first-order valence-electron chi connectivity index (χ1n) is 9.80. The zero-order valence-electron chi connectivity index (χ0n) is 16.5. The Kier molecular flexibility index (Phi) is 6.85. The highest BCUT2D eigenvalue weighted by Gasteiger charge is 2.33. The summed E-state index contributed by atoms with van der Waals surface area (Å²) in [7, 11) is 0. The van der Waals surface area contributed by atoms with Gasteiger partial charge in [-0.25, -0.2) is 4.98 Å². The Morgan fingerprint density at radius 1 is 1.17 bits per heavy atom. The van der Waals surface area contributed by atoms with Crippen molar-refractivity contribution in [1.29, 1.82) is 0 Å². The minimum atomic E-state index is -4.51. The lowest BCUT2D eigenvalue weighted by Crippen LogP contribution is -2.19. The Balaban J connectivity index is 1.70. The lowest BCUT2D eigenvalue weighted by atomic mass is 9.79. The number of amides is 1. The average Bonchev–Trinajstić information content (AvgIpc) is 2.70. The molecular weight excluding hydrogens is 459 g/mol. The van der Waals surface area contributed by atoms with E-state index in [0.717, 1.165) is 40.2 Å². The van der Waals surface area contributed by atoms with E-state index in [-0.39, 0.29) is 17.6 Å². The normalized spacial score (nSPS) is 17.0. The highest BCUT2D eigenvalue weighted by atomic mass is 79.9. The highest BCUT2D eigenvalue weighted by Crippen LogP contribution is 2.40. The molecule has 160 valence electrons. The predicted octanol–water partition coefficient (Wildman–Crippen LogP) is 6.45. The van der Waals surface area contributed by atoms with Gasteiger partial charge < -0.3 is 11.1 Å². The molecule has 1 heterocycles. The van der Waals surface area contributed by atoms with Crippen molar-refractivity contribution in [3.63, 3.8) is 0 Å². The molecule has 0 aliphatic heterocycles. The molecule has 1 aliphatic carbocycles. The van der Waals surface area contributed by atoms with Gasteiger partial charge in [0.2, 0.25) is 0 Å². The van der Waals surface area contributed by atoms with Gasteiger partial charge in [0.15, 0.2) is 0 Å². The molecule has 0 spiro atoms. The molecule has 1 fully saturated rings. The second kappa shape index (κ2) is 9.20. The first-order valence-corrected chi connectivity index (χ1v) is 10.6. The fourth-order valence-corrected chi connectivity index (χ4v) is 4.14. The Hall–Kier alpha value is -2.35. The number of carbonyl (C=O) groups excluding carboxylic acids is 1. The maximum Gasteiger partial charge on any atom is 0.433 e. The van der Waals surface area contributed by atoms with Crippen LogP contribution in [0.5, 0.6) is 0 Å². The number of hydrogen-bond donors (Lipinski definition) is 2. The van der Waals surface area contributed by atoms with Crippen molar-refractivity contribution in [2.75, 3.05) is 11.1 Å². The zero-order valence-corrected chi connectivity index (χ0v) is 18.1. The van der Waals surface area contributed by atoms with Crippen molar-refractivity contribution in [1.82, 2.24) is 4.98 Å². The molecule has 2 aromatic rings. The van der Waals surface area contributed by atoms with Crippen LogP contribution in [-0.4, -0.2) is 10.9 Å². The number of allylic oxidation sites excluding steroid dienone is 1. The zero-order chi connectivity index (χ0) is 21.9. The largest absolute Gasteiger partial charge is 0.433 e. The van der Waals surface area contributed by atoms with Crippen molar-refractivity contribution in [2.45, 2.75) is 51.1 Å². The molecule has 0 unspecified atom stereocenters. The van der Waals surface area contributed by atoms with Crippen LogP contribution in [0.25, 0.3) is 0 Å². The van der Waals surface area contributed by atoms with Gasteiger partial charge in [-0.15, -0.1) is 0 Å². The number of aromatic nitrogens is 1. The molecular formula is C22H23BrF3N3O. The average molecular weight is 482 g/mol. The van der Waals surface area contributed by atoms with E-state index in [0.29, 0.717) is 24.8 Å². The van der Waals surface area contributed by atoms with Crippen molar-refractivity contribution < 1.29 is 18.0 Å². The van der Waals surface area contributed by atoms with Crippen LogP contribution < -0.4 is 11.1 Å². The Labute approximate surface area is 181 Å². The number of nitrogen functional groups attached to an aromatic ring is 1. The summed E-state index contributed by atoms with van der Waals surface area (Å²) in [6.45, 7) is 1.95. The SMILES string of the molecule is CCC(C(=O)Nc1ccc(Br)cc1)=C1CCC(c2ccc(C(F)(F)F)nc2N)CC1. The van der Waals surface area contributed by atoms with Crippen LogP contribution in [0.3, 0.4) is 0 Å². The molecule has 3 rings (SSSR count). The Morgan fingerprint density at radius 3 is 2.33 bits per heavy atom. The summed E-state index contributed by atoms with van der Waals surface area (Å²) < 4.78 is 39.4. The molecule has 30 heavy (non-hydrogen) atoms. The van der Waals surface area contributed by atoms with E-state index >= 15 is 0 Å². The standard InChI is InChI=1S/C22H23BrF3N3O/c1-2-17(21(30)28-16-9-7-15(23)8-10-16)13-3-5-14(6-4-13)18-11-12-19(22(24,25)26)29-20(18)27/h7-12,14H,2-6H2,1H3,(H2,27,29)(H,28,30). The van der Waals surface area contributed by atoms with Crippen molar-refractivity contribution in [2.24, 2.45) is 0 Å². The maximum absolute atomic E-state index is 12.8. The summed E-state index contributed by atoms with van der Waals surface area (Å²) in [6.07, 6.45) is -1.02. The number of rotatable bonds is 4. The van der Waals surface area contributed by atoms with Crippen LogP contribution >= 0.6 is 15.9 Å². The van der Waals surface area contributed by atoms with E-state index in [1.54, 1.807) is 0 Å². The van der Waals surface area contributed by atoms with Gasteiger partial charge in [-0.2, -0.15) is 13.2 Å². The maximum atomic E-state index is 12.8. The predicted molar refractivity (Wildman–Crippen MR) is 115 cm³/mol. The van der Waals surface area contributed by atoms with Crippen LogP contribution in [0.2, 0.25) is 0 Å². The number of nitrogens with one attached hydrogen (secondary N) is 1. The van der Waals surface area contributed by atoms with Gasteiger partial charge >= 0.3 is 6.18 Å². The molecule has 4 nitrogen and oxygen atoms in total. The second-order valence-electron chi connectivity index (χ2n) is 7.34. The number of halogens is 4. The van der Waals surface area contributed by atoms with E-state index in [1.165, 1.54) is 6.07 Å². The molecule has 1 amide bonds. The fourth-order valence-electron chi connectivity index (χ4n) is 3.88. The number of benzene rings is 1. The van der Waals surface area contributed by atoms with Crippen LogP contribution in [0, 0.1) is 0 Å². The van der Waals surface area contributed by atoms with Gasteiger partial charge in [-0.1, -0.05) is 34.5 Å². The van der Waals surface area contributed by atoms with Crippen LogP contribution in [-0.2, 0) is 11.0 Å². The summed E-state index contributed by atoms with van der Waals surface area (Å²) in [4.78, 5) is 16.3. The molecule has 1 aromatic heterocycles. The van der Waals surface area contributed by atoms with Gasteiger partial charge in [0.05, 0.1) is 0 Å². The van der Waals surface area contributed by atoms with Gasteiger partial charge in [0.1, 0.15) is 11.5 Å². The third-order valence-electron chi connectivity index (χ3n) is 5.43. The van der Waals surface area contributed by atoms with E-state index in [1.807, 2.05) is 31.2 Å². The van der Waals surface area contributed by atoms with Gasteiger partial charge in [0, 0.05) is 15.7 Å². The topological polar surface area (TPSA) is 68.0 Å². The van der Waals surface area contributed by atoms with Gasteiger partial charge in [0.25, 0.3) is 5.91 Å². The minimum Gasteiger partial charge on any atom is -0.383 e. The fraction of sp³-hybridized carbons (Fsp3) is 0.364. The summed E-state index contributed by atoms with van der Waals surface area (Å²) in [6, 6.07) is 9.81. The summed E-state index contributed by atoms with van der Waals surface area (Å²) >= 11 is 3.37. The molecule has 1 aromatic carbocycles. The third kappa shape index (κ3) is 5.22. The number of anilines is 2. The van der Waals surface area contributed by atoms with E-state index in [9.17, 15) is 18.0 Å². The number of pyridine rings is 1. The second-order valence-corrected chi connectivity index (χ2v) is 8.26. The lowest BCUT2D eigenvalue weighted by molar-refractivity contribution is -0.141. The lowest BCUT2D eigenvalue weighted by Gasteiger charge is -2.27. The molecule has 0 bridgehead atoms. The quantitative estimate of drug-likeness (QED) is 0.493. The molecule has 0 saturated heterocycles. The number of nitrogens with zero attached hydrogens (tertiary/aromatic N) is 1. The monoisotopic (exact) mass is 481 g/mol. The van der Waals surface area contributed by atoms with Crippen molar-refractivity contribution >= 4 is 33.3 Å². The summed E-state index contributed by atoms with van der Waals surface area (Å²) in [5.74, 6) is -0.133. The van der Waals surface area contributed by atoms with Crippen LogP contribution in [0.1, 0.15) is 56.2 Å². The number of nitrogens with two attached hydrogens (primary N) is 1. The van der Waals surface area contributed by atoms with Gasteiger partial charge in [-0.3, -0.25) is 4.79 Å². The van der Waals surface area contributed by atoms with Crippen LogP contribution in [0.15, 0.2) is 52.0 Å².